The molecule has 1 heterocycles. The predicted molar refractivity (Wildman–Crippen MR) is 118 cm³/mol. The molecule has 3 rings (SSSR count). The van der Waals surface area contributed by atoms with Gasteiger partial charge in [0, 0.05) is 30.1 Å². The first-order chi connectivity index (χ1) is 15.0. The SMILES string of the molecule is CCNC(=O)c1ccc(C)c(NC(=O)/C=C/c2ccc(Oc3cccnc3)c(F)c2)c1. The van der Waals surface area contributed by atoms with Crippen LogP contribution >= 0.6 is 0 Å². The molecule has 0 aliphatic rings. The van der Waals surface area contributed by atoms with Crippen LogP contribution in [-0.2, 0) is 4.79 Å². The van der Waals surface area contributed by atoms with Crippen molar-refractivity contribution in [2.24, 2.45) is 0 Å². The van der Waals surface area contributed by atoms with Crippen LogP contribution in [0.2, 0.25) is 0 Å². The number of halogens is 1. The molecule has 0 saturated carbocycles. The maximum absolute atomic E-state index is 14.3. The van der Waals surface area contributed by atoms with Gasteiger partial charge in [0.1, 0.15) is 5.75 Å². The molecule has 7 heteroatoms. The highest BCUT2D eigenvalue weighted by Gasteiger charge is 2.09. The van der Waals surface area contributed by atoms with E-state index in [1.807, 2.05) is 13.8 Å². The summed E-state index contributed by atoms with van der Waals surface area (Å²) in [6.45, 7) is 4.18. The van der Waals surface area contributed by atoms with Crippen molar-refractivity contribution in [1.29, 1.82) is 0 Å². The topological polar surface area (TPSA) is 80.3 Å². The van der Waals surface area contributed by atoms with Crippen molar-refractivity contribution in [2.75, 3.05) is 11.9 Å². The van der Waals surface area contributed by atoms with Crippen molar-refractivity contribution in [2.45, 2.75) is 13.8 Å². The number of aromatic nitrogens is 1. The van der Waals surface area contributed by atoms with Crippen LogP contribution in [0.3, 0.4) is 0 Å². The number of pyridine rings is 1. The fourth-order valence-corrected chi connectivity index (χ4v) is 2.74. The molecule has 2 amide bonds. The van der Waals surface area contributed by atoms with Crippen LogP contribution in [0.5, 0.6) is 11.5 Å². The lowest BCUT2D eigenvalue weighted by Gasteiger charge is -2.09. The van der Waals surface area contributed by atoms with E-state index in [2.05, 4.69) is 15.6 Å². The number of hydrogen-bond donors (Lipinski definition) is 2. The lowest BCUT2D eigenvalue weighted by atomic mass is 10.1. The highest BCUT2D eigenvalue weighted by molar-refractivity contribution is 6.03. The van der Waals surface area contributed by atoms with Crippen molar-refractivity contribution in [1.82, 2.24) is 10.3 Å². The first kappa shape index (κ1) is 21.7. The van der Waals surface area contributed by atoms with E-state index in [1.165, 1.54) is 30.5 Å². The van der Waals surface area contributed by atoms with Crippen molar-refractivity contribution in [3.63, 3.8) is 0 Å². The Morgan fingerprint density at radius 3 is 2.71 bits per heavy atom. The number of rotatable bonds is 7. The van der Waals surface area contributed by atoms with Crippen LogP contribution < -0.4 is 15.4 Å². The second-order valence-corrected chi connectivity index (χ2v) is 6.69. The van der Waals surface area contributed by atoms with Gasteiger partial charge in [-0.3, -0.25) is 14.6 Å². The summed E-state index contributed by atoms with van der Waals surface area (Å²) in [5.74, 6) is -0.677. The van der Waals surface area contributed by atoms with Gasteiger partial charge in [0.15, 0.2) is 11.6 Å². The molecule has 158 valence electrons. The van der Waals surface area contributed by atoms with E-state index in [9.17, 15) is 14.0 Å². The Hall–Kier alpha value is -4.00. The Bertz CT molecular complexity index is 1110. The van der Waals surface area contributed by atoms with E-state index in [0.717, 1.165) is 5.56 Å². The Morgan fingerprint density at radius 2 is 2.00 bits per heavy atom. The Kier molecular flexibility index (Phi) is 7.11. The van der Waals surface area contributed by atoms with Gasteiger partial charge in [0.05, 0.1) is 6.20 Å². The summed E-state index contributed by atoms with van der Waals surface area (Å²) in [7, 11) is 0. The average Bonchev–Trinajstić information content (AvgIpc) is 2.76. The number of carbonyl (C=O) groups is 2. The number of ether oxygens (including phenoxy) is 1. The Morgan fingerprint density at radius 1 is 1.16 bits per heavy atom. The Balaban J connectivity index is 1.67. The monoisotopic (exact) mass is 419 g/mol. The molecule has 3 aromatic rings. The number of nitrogens with zero attached hydrogens (tertiary/aromatic N) is 1. The summed E-state index contributed by atoms with van der Waals surface area (Å²) in [4.78, 5) is 28.2. The summed E-state index contributed by atoms with van der Waals surface area (Å²) in [5, 5.41) is 5.46. The largest absolute Gasteiger partial charge is 0.453 e. The molecular weight excluding hydrogens is 397 g/mol. The third-order valence-electron chi connectivity index (χ3n) is 4.34. The maximum atomic E-state index is 14.3. The van der Waals surface area contributed by atoms with E-state index < -0.39 is 11.7 Å². The highest BCUT2D eigenvalue weighted by atomic mass is 19.1. The lowest BCUT2D eigenvalue weighted by Crippen LogP contribution is -2.23. The van der Waals surface area contributed by atoms with Crippen LogP contribution in [-0.4, -0.2) is 23.3 Å². The minimum absolute atomic E-state index is 0.0624. The molecule has 0 fully saturated rings. The minimum atomic E-state index is -0.558. The molecule has 0 saturated heterocycles. The molecule has 2 aromatic carbocycles. The van der Waals surface area contributed by atoms with Crippen molar-refractivity contribution < 1.29 is 18.7 Å². The molecule has 2 N–H and O–H groups in total. The van der Waals surface area contributed by atoms with E-state index in [4.69, 9.17) is 4.74 Å². The second kappa shape index (κ2) is 10.2. The number of amides is 2. The predicted octanol–water partition coefficient (Wildman–Crippen LogP) is 4.72. The summed E-state index contributed by atoms with van der Waals surface area (Å²) in [6.07, 6.45) is 5.88. The first-order valence-electron chi connectivity index (χ1n) is 9.71. The van der Waals surface area contributed by atoms with Gasteiger partial charge in [0.2, 0.25) is 5.91 Å². The number of hydrogen-bond acceptors (Lipinski definition) is 4. The Labute approximate surface area is 179 Å². The van der Waals surface area contributed by atoms with Gasteiger partial charge in [-0.25, -0.2) is 4.39 Å². The van der Waals surface area contributed by atoms with Crippen LogP contribution in [0, 0.1) is 12.7 Å². The number of benzene rings is 2. The van der Waals surface area contributed by atoms with Crippen molar-refractivity contribution in [3.05, 3.63) is 89.5 Å². The second-order valence-electron chi connectivity index (χ2n) is 6.69. The molecule has 0 aliphatic carbocycles. The summed E-state index contributed by atoms with van der Waals surface area (Å²) >= 11 is 0. The average molecular weight is 419 g/mol. The third-order valence-corrected chi connectivity index (χ3v) is 4.34. The zero-order valence-corrected chi connectivity index (χ0v) is 17.2. The van der Waals surface area contributed by atoms with E-state index >= 15 is 0 Å². The standard InChI is InChI=1S/C24H22FN3O3/c1-3-27-24(30)18-9-6-16(2)21(14-18)28-23(29)11-8-17-7-10-22(20(25)13-17)31-19-5-4-12-26-15-19/h4-15H,3H2,1-2H3,(H,27,30)(H,28,29)/b11-8+. The van der Waals surface area contributed by atoms with Crippen molar-refractivity contribution in [3.8, 4) is 11.5 Å². The van der Waals surface area contributed by atoms with Crippen LogP contribution in [0.4, 0.5) is 10.1 Å². The molecule has 0 radical (unpaired) electrons. The van der Waals surface area contributed by atoms with Gasteiger partial charge in [-0.2, -0.15) is 0 Å². The molecule has 1 aromatic heterocycles. The third kappa shape index (κ3) is 5.99. The number of carbonyl (C=O) groups excluding carboxylic acids is 2. The van der Waals surface area contributed by atoms with Crippen LogP contribution in [0.1, 0.15) is 28.4 Å². The van der Waals surface area contributed by atoms with E-state index in [-0.39, 0.29) is 11.7 Å². The van der Waals surface area contributed by atoms with Gasteiger partial charge < -0.3 is 15.4 Å². The van der Waals surface area contributed by atoms with Crippen LogP contribution in [0.15, 0.2) is 67.0 Å². The fraction of sp³-hybridized carbons (Fsp3) is 0.125. The molecule has 31 heavy (non-hydrogen) atoms. The number of nitrogens with one attached hydrogen (secondary N) is 2. The number of anilines is 1. The van der Waals surface area contributed by atoms with E-state index in [0.29, 0.717) is 29.1 Å². The van der Waals surface area contributed by atoms with Gasteiger partial charge in [-0.15, -0.1) is 0 Å². The normalized spacial score (nSPS) is 10.7. The molecule has 6 nitrogen and oxygen atoms in total. The van der Waals surface area contributed by atoms with Crippen LogP contribution in [0.25, 0.3) is 6.08 Å². The zero-order valence-electron chi connectivity index (χ0n) is 17.2. The maximum Gasteiger partial charge on any atom is 0.251 e. The quantitative estimate of drug-likeness (QED) is 0.543. The highest BCUT2D eigenvalue weighted by Crippen LogP contribution is 2.25. The molecule has 0 atom stereocenters. The molecule has 0 aliphatic heterocycles. The molecule has 0 unspecified atom stereocenters. The lowest BCUT2D eigenvalue weighted by molar-refractivity contribution is -0.111. The molecule has 0 spiro atoms. The summed E-state index contributed by atoms with van der Waals surface area (Å²) < 4.78 is 19.8. The van der Waals surface area contributed by atoms with Crippen molar-refractivity contribution >= 4 is 23.6 Å². The van der Waals surface area contributed by atoms with E-state index in [1.54, 1.807) is 42.6 Å². The molecule has 0 bridgehead atoms. The molecular formula is C24H22FN3O3. The van der Waals surface area contributed by atoms with Gasteiger partial charge in [0.25, 0.3) is 5.91 Å². The fourth-order valence-electron chi connectivity index (χ4n) is 2.74. The summed E-state index contributed by atoms with van der Waals surface area (Å²) in [5.41, 5.74) is 2.31. The number of aryl methyl sites for hydroxylation is 1. The van der Waals surface area contributed by atoms with Gasteiger partial charge >= 0.3 is 0 Å². The first-order valence-corrected chi connectivity index (χ1v) is 9.71. The van der Waals surface area contributed by atoms with Gasteiger partial charge in [-0.1, -0.05) is 12.1 Å². The van der Waals surface area contributed by atoms with Gasteiger partial charge in [-0.05, 0) is 67.4 Å². The summed E-state index contributed by atoms with van der Waals surface area (Å²) in [6, 6.07) is 12.8. The minimum Gasteiger partial charge on any atom is -0.453 e. The smallest absolute Gasteiger partial charge is 0.251 e. The zero-order chi connectivity index (χ0) is 22.2.